The number of carbonyl (C=O) groups is 1. The van der Waals surface area contributed by atoms with Crippen LogP contribution in [0.2, 0.25) is 0 Å². The highest BCUT2D eigenvalue weighted by molar-refractivity contribution is 5.96. The number of halogens is 3. The molecule has 12 heavy (non-hydrogen) atoms. The molecule has 0 unspecified atom stereocenters. The van der Waals surface area contributed by atoms with Crippen LogP contribution in [0.5, 0.6) is 0 Å². The second-order valence-electron chi connectivity index (χ2n) is 1.64. The Morgan fingerprint density at radius 3 is 1.92 bits per heavy atom. The molecule has 0 N–H and O–H groups in total. The lowest BCUT2D eigenvalue weighted by atomic mass is 10.2. The van der Waals surface area contributed by atoms with E-state index in [0.717, 1.165) is 12.1 Å². The van der Waals surface area contributed by atoms with Crippen LogP contribution < -0.4 is 0 Å². The molecule has 3 nitrogen and oxygen atoms in total. The first-order valence-corrected chi connectivity index (χ1v) is 2.55. The van der Waals surface area contributed by atoms with Crippen LogP contribution in [0.3, 0.4) is 0 Å². The highest BCUT2D eigenvalue weighted by atomic mass is 19.4. The van der Waals surface area contributed by atoms with Gasteiger partial charge in [-0.2, -0.15) is 23.7 Å². The number of hydrogen-bond acceptors (Lipinski definition) is 3. The van der Waals surface area contributed by atoms with E-state index in [-0.39, 0.29) is 6.08 Å². The van der Waals surface area contributed by atoms with Crippen molar-refractivity contribution in [3.63, 3.8) is 0 Å². The Morgan fingerprint density at radius 2 is 1.67 bits per heavy atom. The summed E-state index contributed by atoms with van der Waals surface area (Å²) in [5, 5.41) is 16.0. The van der Waals surface area contributed by atoms with Gasteiger partial charge in [0.2, 0.25) is 0 Å². The molecule has 0 aromatic heterocycles. The van der Waals surface area contributed by atoms with E-state index in [2.05, 4.69) is 0 Å². The van der Waals surface area contributed by atoms with Crippen LogP contribution in [0.4, 0.5) is 13.2 Å². The van der Waals surface area contributed by atoms with Gasteiger partial charge in [0, 0.05) is 6.08 Å². The normalized spacial score (nSPS) is 9.42. The molecule has 6 heteroatoms. The topological polar surface area (TPSA) is 64.7 Å². The maximum atomic E-state index is 11.5. The van der Waals surface area contributed by atoms with Gasteiger partial charge in [-0.15, -0.1) is 0 Å². The second-order valence-corrected chi connectivity index (χ2v) is 1.64. The molecule has 62 valence electrons. The summed E-state index contributed by atoms with van der Waals surface area (Å²) >= 11 is 0. The number of nitriles is 2. The zero-order valence-electron chi connectivity index (χ0n) is 5.51. The average molecular weight is 174 g/mol. The molecule has 0 heterocycles. The molecule has 0 spiro atoms. The third-order valence-electron chi connectivity index (χ3n) is 0.796. The van der Waals surface area contributed by atoms with Crippen molar-refractivity contribution in [2.24, 2.45) is 0 Å². The highest BCUT2D eigenvalue weighted by Gasteiger charge is 2.36. The van der Waals surface area contributed by atoms with Crippen molar-refractivity contribution in [3.05, 3.63) is 11.6 Å². The Bertz CT molecular complexity index is 286. The first kappa shape index (κ1) is 10.2. The Hall–Kier alpha value is -1.82. The Kier molecular flexibility index (Phi) is 3.00. The summed E-state index contributed by atoms with van der Waals surface area (Å²) in [6.45, 7) is 0. The average Bonchev–Trinajstić information content (AvgIpc) is 1.97. The lowest BCUT2D eigenvalue weighted by molar-refractivity contribution is -0.165. The van der Waals surface area contributed by atoms with Crippen LogP contribution in [0.1, 0.15) is 0 Å². The molecular weight excluding hydrogens is 173 g/mol. The van der Waals surface area contributed by atoms with E-state index in [1.807, 2.05) is 0 Å². The van der Waals surface area contributed by atoms with Gasteiger partial charge in [-0.25, -0.2) is 0 Å². The molecule has 0 aliphatic heterocycles. The quantitative estimate of drug-likeness (QED) is 0.441. The summed E-state index contributed by atoms with van der Waals surface area (Å²) in [7, 11) is 0. The largest absolute Gasteiger partial charge is 0.454 e. The Balaban J connectivity index is 4.72. The van der Waals surface area contributed by atoms with Crippen LogP contribution in [0.15, 0.2) is 11.6 Å². The smallest absolute Gasteiger partial charge is 0.285 e. The Labute approximate surface area is 65.3 Å². The molecule has 0 atom stereocenters. The van der Waals surface area contributed by atoms with E-state index in [1.165, 1.54) is 0 Å². The third-order valence-corrected chi connectivity index (χ3v) is 0.796. The number of hydrogen-bond donors (Lipinski definition) is 0. The first-order chi connectivity index (χ1) is 5.41. The van der Waals surface area contributed by atoms with E-state index in [9.17, 15) is 18.0 Å². The number of ketones is 1. The third kappa shape index (κ3) is 2.84. The maximum absolute atomic E-state index is 11.5. The predicted octanol–water partition coefficient (Wildman–Crippen LogP) is 1.09. The maximum Gasteiger partial charge on any atom is 0.454 e. The van der Waals surface area contributed by atoms with Crippen molar-refractivity contribution in [2.45, 2.75) is 6.18 Å². The molecular formula is C6HF3N2O. The van der Waals surface area contributed by atoms with E-state index >= 15 is 0 Å². The van der Waals surface area contributed by atoms with Crippen LogP contribution in [0.25, 0.3) is 0 Å². The molecule has 0 fully saturated rings. The predicted molar refractivity (Wildman–Crippen MR) is 30.4 cm³/mol. The minimum atomic E-state index is -5.03. The molecule has 0 radical (unpaired) electrons. The highest BCUT2D eigenvalue weighted by Crippen LogP contribution is 2.17. The van der Waals surface area contributed by atoms with Gasteiger partial charge in [-0.05, 0) is 0 Å². The Morgan fingerprint density at radius 1 is 1.25 bits per heavy atom. The minimum Gasteiger partial charge on any atom is -0.285 e. The molecule has 0 saturated heterocycles. The summed E-state index contributed by atoms with van der Waals surface area (Å²) in [6.07, 6.45) is -5.07. The van der Waals surface area contributed by atoms with E-state index in [4.69, 9.17) is 10.5 Å². The summed E-state index contributed by atoms with van der Waals surface area (Å²) in [4.78, 5) is 10.1. The fourth-order valence-corrected chi connectivity index (χ4v) is 0.302. The van der Waals surface area contributed by atoms with Crippen molar-refractivity contribution in [3.8, 4) is 12.1 Å². The van der Waals surface area contributed by atoms with E-state index in [1.54, 1.807) is 0 Å². The lowest BCUT2D eigenvalue weighted by Crippen LogP contribution is -2.20. The van der Waals surface area contributed by atoms with Crippen molar-refractivity contribution in [1.82, 2.24) is 0 Å². The van der Waals surface area contributed by atoms with Gasteiger partial charge in [0.05, 0.1) is 0 Å². The molecule has 0 aliphatic carbocycles. The van der Waals surface area contributed by atoms with Crippen molar-refractivity contribution < 1.29 is 18.0 Å². The number of carbonyl (C=O) groups excluding carboxylic acids is 1. The van der Waals surface area contributed by atoms with Crippen LogP contribution in [-0.4, -0.2) is 12.0 Å². The summed E-state index contributed by atoms with van der Waals surface area (Å²) < 4.78 is 34.4. The van der Waals surface area contributed by atoms with Gasteiger partial charge in [-0.1, -0.05) is 0 Å². The summed E-state index contributed by atoms with van der Waals surface area (Å²) in [6, 6.07) is 2.27. The fourth-order valence-electron chi connectivity index (χ4n) is 0.302. The van der Waals surface area contributed by atoms with Crippen molar-refractivity contribution in [1.29, 1.82) is 10.5 Å². The molecule has 0 rings (SSSR count). The van der Waals surface area contributed by atoms with Crippen LogP contribution in [0, 0.1) is 22.7 Å². The van der Waals surface area contributed by atoms with Gasteiger partial charge >= 0.3 is 6.18 Å². The molecule has 0 aliphatic rings. The fraction of sp³-hybridized carbons (Fsp3) is 0.167. The van der Waals surface area contributed by atoms with Gasteiger partial charge in [-0.3, -0.25) is 4.79 Å². The monoisotopic (exact) mass is 174 g/mol. The van der Waals surface area contributed by atoms with Crippen molar-refractivity contribution in [2.75, 3.05) is 0 Å². The van der Waals surface area contributed by atoms with Crippen LogP contribution >= 0.6 is 0 Å². The number of nitrogens with zero attached hydrogens (tertiary/aromatic N) is 2. The standard InChI is InChI=1S/C6HF3N2O/c7-6(8,9)5(12)1-4(2-10)3-11/h1H. The molecule has 0 aromatic carbocycles. The van der Waals surface area contributed by atoms with E-state index in [0.29, 0.717) is 0 Å². The SMILES string of the molecule is N#CC(C#N)=CC(=O)C(F)(F)F. The first-order valence-electron chi connectivity index (χ1n) is 2.55. The van der Waals surface area contributed by atoms with E-state index < -0.39 is 17.5 Å². The summed E-state index contributed by atoms with van der Waals surface area (Å²) in [5.41, 5.74) is -0.864. The van der Waals surface area contributed by atoms with Crippen LogP contribution in [-0.2, 0) is 4.79 Å². The summed E-state index contributed by atoms with van der Waals surface area (Å²) in [5.74, 6) is -2.21. The van der Waals surface area contributed by atoms with Gasteiger partial charge in [0.25, 0.3) is 5.78 Å². The van der Waals surface area contributed by atoms with Gasteiger partial charge in [0.1, 0.15) is 17.7 Å². The minimum absolute atomic E-state index is 0.0417. The zero-order valence-corrected chi connectivity index (χ0v) is 5.51. The molecule has 0 bridgehead atoms. The lowest BCUT2D eigenvalue weighted by Gasteiger charge is -1.98. The molecule has 0 amide bonds. The van der Waals surface area contributed by atoms with Gasteiger partial charge < -0.3 is 0 Å². The zero-order chi connectivity index (χ0) is 9.78. The van der Waals surface area contributed by atoms with Crippen molar-refractivity contribution >= 4 is 5.78 Å². The number of rotatable bonds is 1. The second kappa shape index (κ2) is 3.54. The number of allylic oxidation sites excluding steroid dienone is 2. The van der Waals surface area contributed by atoms with Gasteiger partial charge in [0.15, 0.2) is 0 Å². The number of alkyl halides is 3. The molecule has 0 saturated carbocycles. The molecule has 0 aromatic rings.